The summed E-state index contributed by atoms with van der Waals surface area (Å²) in [5.74, 6) is 4.18. The van der Waals surface area contributed by atoms with Crippen LogP contribution in [0.25, 0.3) is 10.8 Å². The van der Waals surface area contributed by atoms with Gasteiger partial charge < -0.3 is 9.99 Å². The van der Waals surface area contributed by atoms with Gasteiger partial charge in [0.15, 0.2) is 10.8 Å². The molecule has 6 nitrogen and oxygen atoms in total. The summed E-state index contributed by atoms with van der Waals surface area (Å²) in [6.07, 6.45) is 7.93. The van der Waals surface area contributed by atoms with E-state index in [-0.39, 0.29) is 6.04 Å². The van der Waals surface area contributed by atoms with Crippen LogP contribution in [0.3, 0.4) is 0 Å². The van der Waals surface area contributed by atoms with Crippen molar-refractivity contribution < 1.29 is 0 Å². The lowest BCUT2D eigenvalue weighted by atomic mass is 10.0. The van der Waals surface area contributed by atoms with Crippen molar-refractivity contribution in [3.05, 3.63) is 58.5 Å². The molecule has 2 aromatic heterocycles. The van der Waals surface area contributed by atoms with Crippen molar-refractivity contribution >= 4 is 23.1 Å². The highest BCUT2D eigenvalue weighted by Crippen LogP contribution is 2.33. The van der Waals surface area contributed by atoms with Crippen LogP contribution in [0.5, 0.6) is 0 Å². The molecule has 1 saturated heterocycles. The van der Waals surface area contributed by atoms with Gasteiger partial charge in [0.25, 0.3) is 0 Å². The molecule has 1 fully saturated rings. The Kier molecular flexibility index (Phi) is 6.42. The molecular formula is C22H26N6S2. The number of aryl methyl sites for hydroxylation is 1. The number of nitrogens with zero attached hydrogens (tertiary/aromatic N) is 4. The van der Waals surface area contributed by atoms with Gasteiger partial charge in [-0.3, -0.25) is 0 Å². The maximum absolute atomic E-state index is 9.27. The van der Waals surface area contributed by atoms with Crippen molar-refractivity contribution in [2.75, 3.05) is 11.5 Å². The molecule has 0 amide bonds. The van der Waals surface area contributed by atoms with Crippen LogP contribution in [0.1, 0.15) is 37.2 Å². The van der Waals surface area contributed by atoms with Gasteiger partial charge in [-0.1, -0.05) is 12.7 Å². The Morgan fingerprint density at radius 1 is 1.40 bits per heavy atom. The summed E-state index contributed by atoms with van der Waals surface area (Å²) < 4.78 is 2.33. The normalized spacial score (nSPS) is 20.3. The number of aromatic nitrogens is 3. The third kappa shape index (κ3) is 4.24. The minimum Gasteiger partial charge on any atom is -0.326 e. The van der Waals surface area contributed by atoms with Gasteiger partial charge in [0.05, 0.1) is 23.4 Å². The van der Waals surface area contributed by atoms with Gasteiger partial charge in [-0.15, -0.1) is 11.3 Å². The van der Waals surface area contributed by atoms with Crippen molar-refractivity contribution in [2.24, 2.45) is 5.92 Å². The molecule has 2 aliphatic rings. The van der Waals surface area contributed by atoms with Gasteiger partial charge in [0, 0.05) is 29.5 Å². The molecular weight excluding hydrogens is 412 g/mol. The molecule has 0 bridgehead atoms. The molecule has 8 heteroatoms. The fraction of sp³-hybridized carbons (Fsp3) is 0.409. The molecule has 0 saturated carbocycles. The fourth-order valence-corrected chi connectivity index (χ4v) is 5.90. The molecule has 0 aromatic carbocycles. The van der Waals surface area contributed by atoms with Gasteiger partial charge in [-0.05, 0) is 55.8 Å². The number of nitriles is 1. The quantitative estimate of drug-likeness (QED) is 0.510. The number of hydrogen-bond donors (Lipinski definition) is 2. The van der Waals surface area contributed by atoms with E-state index in [1.807, 2.05) is 19.2 Å². The molecule has 0 spiro atoms. The van der Waals surface area contributed by atoms with E-state index in [2.05, 4.69) is 57.1 Å². The lowest BCUT2D eigenvalue weighted by Crippen LogP contribution is -2.26. The highest BCUT2D eigenvalue weighted by atomic mass is 32.2. The first kappa shape index (κ1) is 20.9. The van der Waals surface area contributed by atoms with Crippen molar-refractivity contribution in [1.82, 2.24) is 25.4 Å². The van der Waals surface area contributed by atoms with Crippen LogP contribution in [0.2, 0.25) is 0 Å². The van der Waals surface area contributed by atoms with Crippen LogP contribution in [0.15, 0.2) is 47.2 Å². The molecule has 4 heterocycles. The Morgan fingerprint density at radius 2 is 2.20 bits per heavy atom. The summed E-state index contributed by atoms with van der Waals surface area (Å²) in [5.41, 5.74) is 11.1. The second-order valence-corrected chi connectivity index (χ2v) is 9.75. The van der Waals surface area contributed by atoms with Crippen molar-refractivity contribution in [3.8, 4) is 16.9 Å². The summed E-state index contributed by atoms with van der Waals surface area (Å²) in [6, 6.07) is 2.06. The number of thiazole rings is 1. The zero-order valence-corrected chi connectivity index (χ0v) is 18.9. The molecule has 2 aliphatic heterocycles. The summed E-state index contributed by atoms with van der Waals surface area (Å²) >= 11 is 3.68. The van der Waals surface area contributed by atoms with E-state index in [4.69, 9.17) is 4.98 Å². The number of thioether (sulfide) groups is 1. The van der Waals surface area contributed by atoms with E-state index in [9.17, 15) is 5.26 Å². The second kappa shape index (κ2) is 9.21. The number of hydrazine groups is 1. The van der Waals surface area contributed by atoms with Gasteiger partial charge in [-0.2, -0.15) is 17.0 Å². The van der Waals surface area contributed by atoms with Crippen molar-refractivity contribution in [1.29, 1.82) is 5.26 Å². The monoisotopic (exact) mass is 438 g/mol. The number of allylic oxidation sites excluding steroid dienone is 3. The molecule has 2 aromatic rings. The minimum atomic E-state index is -0.113. The average Bonchev–Trinajstić information content (AvgIpc) is 3.47. The Labute approximate surface area is 185 Å². The maximum atomic E-state index is 9.27. The molecule has 1 unspecified atom stereocenters. The topological polar surface area (TPSA) is 78.6 Å². The third-order valence-electron chi connectivity index (χ3n) is 5.65. The Balaban J connectivity index is 1.60. The summed E-state index contributed by atoms with van der Waals surface area (Å²) in [6.45, 7) is 8.84. The molecule has 1 atom stereocenters. The predicted octanol–water partition coefficient (Wildman–Crippen LogP) is 4.52. The van der Waals surface area contributed by atoms with Gasteiger partial charge >= 0.3 is 0 Å². The summed E-state index contributed by atoms with van der Waals surface area (Å²) in [4.78, 5) is 9.62. The number of hydrogen-bond acceptors (Lipinski definition) is 7. The van der Waals surface area contributed by atoms with Crippen LogP contribution < -0.4 is 10.9 Å². The molecule has 2 N–H and O–H groups in total. The number of nitrogens with one attached hydrogen (secondary N) is 2. The van der Waals surface area contributed by atoms with Crippen LogP contribution >= 0.6 is 23.1 Å². The molecule has 156 valence electrons. The molecule has 4 rings (SSSR count). The standard InChI is InChI=1S/C22H26N6S2/c1-4-16(10-23)9-18-15(3)26-27-20(18)19-13-30-22(25-19)21-24-11-14(2)28(21)12-17-5-7-29-8-6-17/h4,9,11,13,17,20,26-27H,1,5-8,12H2,2-3H3/b16-9+. The lowest BCUT2D eigenvalue weighted by molar-refractivity contribution is 0.415. The largest absolute Gasteiger partial charge is 0.326 e. The predicted molar refractivity (Wildman–Crippen MR) is 124 cm³/mol. The van der Waals surface area contributed by atoms with Gasteiger partial charge in [0.2, 0.25) is 0 Å². The Hall–Kier alpha value is -2.34. The van der Waals surface area contributed by atoms with Crippen LogP contribution in [0, 0.1) is 24.2 Å². The summed E-state index contributed by atoms with van der Waals surface area (Å²) in [7, 11) is 0. The van der Waals surface area contributed by atoms with Gasteiger partial charge in [-0.25, -0.2) is 15.4 Å². The maximum Gasteiger partial charge on any atom is 0.169 e. The minimum absolute atomic E-state index is 0.113. The van der Waals surface area contributed by atoms with Crippen molar-refractivity contribution in [3.63, 3.8) is 0 Å². The zero-order valence-electron chi connectivity index (χ0n) is 17.3. The van der Waals surface area contributed by atoms with E-state index in [1.54, 1.807) is 17.4 Å². The van der Waals surface area contributed by atoms with E-state index in [0.717, 1.165) is 34.3 Å². The van der Waals surface area contributed by atoms with E-state index in [0.29, 0.717) is 11.5 Å². The number of rotatable bonds is 6. The SMILES string of the molecule is C=C/C(C#N)=C\C1=C(C)NNC1c1csc(-c2ncc(C)n2CC2CCSCC2)n1. The van der Waals surface area contributed by atoms with Crippen LogP contribution in [-0.2, 0) is 6.54 Å². The smallest absolute Gasteiger partial charge is 0.169 e. The second-order valence-electron chi connectivity index (χ2n) is 7.67. The van der Waals surface area contributed by atoms with Crippen LogP contribution in [-0.4, -0.2) is 26.0 Å². The van der Waals surface area contributed by atoms with Gasteiger partial charge in [0.1, 0.15) is 0 Å². The highest BCUT2D eigenvalue weighted by Gasteiger charge is 2.27. The molecule has 0 aliphatic carbocycles. The fourth-order valence-electron chi connectivity index (χ4n) is 3.85. The van der Waals surface area contributed by atoms with Crippen LogP contribution in [0.4, 0.5) is 0 Å². The first-order valence-corrected chi connectivity index (χ1v) is 12.2. The molecule has 0 radical (unpaired) electrons. The average molecular weight is 439 g/mol. The first-order chi connectivity index (χ1) is 14.6. The molecule has 30 heavy (non-hydrogen) atoms. The van der Waals surface area contributed by atoms with E-state index < -0.39 is 0 Å². The lowest BCUT2D eigenvalue weighted by Gasteiger charge is -2.23. The zero-order chi connectivity index (χ0) is 21.1. The Morgan fingerprint density at radius 3 is 2.93 bits per heavy atom. The van der Waals surface area contributed by atoms with E-state index >= 15 is 0 Å². The van der Waals surface area contributed by atoms with E-state index in [1.165, 1.54) is 30.0 Å². The Bertz CT molecular complexity index is 1030. The summed E-state index contributed by atoms with van der Waals surface area (Å²) in [5, 5.41) is 12.3. The first-order valence-electron chi connectivity index (χ1n) is 10.1. The number of imidazole rings is 1. The third-order valence-corrected chi connectivity index (χ3v) is 7.56. The van der Waals surface area contributed by atoms with Crippen molar-refractivity contribution in [2.45, 2.75) is 39.3 Å². The highest BCUT2D eigenvalue weighted by molar-refractivity contribution is 7.99.